The van der Waals surface area contributed by atoms with Crippen LogP contribution in [-0.4, -0.2) is 27.1 Å². The predicted octanol–water partition coefficient (Wildman–Crippen LogP) is 5.35. The summed E-state index contributed by atoms with van der Waals surface area (Å²) < 4.78 is 5.38. The molecular weight excluding hydrogens is 452 g/mol. The van der Waals surface area contributed by atoms with E-state index in [1.165, 1.54) is 41.3 Å². The molecule has 0 saturated carbocycles. The van der Waals surface area contributed by atoms with Crippen LogP contribution in [0.2, 0.25) is 5.02 Å². The number of rotatable bonds is 6. The maximum Gasteiger partial charge on any atom is 0.269 e. The summed E-state index contributed by atoms with van der Waals surface area (Å²) in [5.74, 6) is 0.393. The number of nitro benzene ring substituents is 1. The van der Waals surface area contributed by atoms with Gasteiger partial charge in [-0.25, -0.2) is 0 Å². The summed E-state index contributed by atoms with van der Waals surface area (Å²) in [5.41, 5.74) is 1.47. The fraction of sp³-hybridized carbons (Fsp3) is 0.0455. The largest absolute Gasteiger partial charge is 0.467 e. The molecule has 8 nitrogen and oxygen atoms in total. The molecule has 1 saturated heterocycles. The molecule has 0 unspecified atom stereocenters. The molecule has 0 spiro atoms. The summed E-state index contributed by atoms with van der Waals surface area (Å²) in [6, 6.07) is 16.6. The molecule has 3 aromatic rings. The molecule has 2 aromatic carbocycles. The lowest BCUT2D eigenvalue weighted by atomic mass is 10.2. The second kappa shape index (κ2) is 9.63. The van der Waals surface area contributed by atoms with Crippen molar-refractivity contribution < 1.29 is 14.1 Å². The number of amides is 1. The van der Waals surface area contributed by atoms with Crippen molar-refractivity contribution in [2.45, 2.75) is 6.54 Å². The van der Waals surface area contributed by atoms with Gasteiger partial charge >= 0.3 is 0 Å². The summed E-state index contributed by atoms with van der Waals surface area (Å²) in [5, 5.41) is 20.0. The van der Waals surface area contributed by atoms with Crippen molar-refractivity contribution in [3.63, 3.8) is 0 Å². The number of benzene rings is 2. The van der Waals surface area contributed by atoms with Gasteiger partial charge in [-0.15, -0.1) is 5.10 Å². The lowest BCUT2D eigenvalue weighted by molar-refractivity contribution is -0.384. The van der Waals surface area contributed by atoms with E-state index in [0.29, 0.717) is 26.4 Å². The average Bonchev–Trinajstić information content (AvgIpc) is 3.40. The molecule has 0 radical (unpaired) electrons. The molecule has 0 aliphatic carbocycles. The van der Waals surface area contributed by atoms with Crippen molar-refractivity contribution in [3.05, 3.63) is 104 Å². The average molecular weight is 467 g/mol. The number of hydrogen-bond acceptors (Lipinski definition) is 7. The van der Waals surface area contributed by atoms with Crippen LogP contribution in [0.4, 0.5) is 5.69 Å². The molecule has 1 fully saturated rings. The van der Waals surface area contributed by atoms with Crippen LogP contribution in [0.5, 0.6) is 0 Å². The minimum Gasteiger partial charge on any atom is -0.467 e. The Balaban J connectivity index is 1.58. The van der Waals surface area contributed by atoms with Crippen LogP contribution in [0.3, 0.4) is 0 Å². The van der Waals surface area contributed by atoms with Gasteiger partial charge in [0.05, 0.1) is 28.9 Å². The lowest BCUT2D eigenvalue weighted by Crippen LogP contribution is -2.28. The maximum absolute atomic E-state index is 13.0. The summed E-state index contributed by atoms with van der Waals surface area (Å²) in [6.45, 7) is 0.211. The van der Waals surface area contributed by atoms with Crippen LogP contribution < -0.4 is 0 Å². The Hall–Kier alpha value is -3.69. The molecule has 0 N–H and O–H groups in total. The van der Waals surface area contributed by atoms with E-state index in [2.05, 4.69) is 10.2 Å². The van der Waals surface area contributed by atoms with E-state index in [9.17, 15) is 14.9 Å². The van der Waals surface area contributed by atoms with Gasteiger partial charge in [0.2, 0.25) is 0 Å². The van der Waals surface area contributed by atoms with Gasteiger partial charge in [0.25, 0.3) is 11.6 Å². The van der Waals surface area contributed by atoms with Crippen LogP contribution in [-0.2, 0) is 11.3 Å². The lowest BCUT2D eigenvalue weighted by Gasteiger charge is -2.12. The molecule has 0 atom stereocenters. The molecule has 2 heterocycles. The third kappa shape index (κ3) is 5.13. The second-order valence-electron chi connectivity index (χ2n) is 6.61. The minimum atomic E-state index is -0.469. The second-order valence-corrected chi connectivity index (χ2v) is 8.05. The van der Waals surface area contributed by atoms with Gasteiger partial charge in [0.1, 0.15) is 5.76 Å². The van der Waals surface area contributed by atoms with Crippen molar-refractivity contribution >= 4 is 52.4 Å². The summed E-state index contributed by atoms with van der Waals surface area (Å²) in [7, 11) is 0. The van der Waals surface area contributed by atoms with Crippen molar-refractivity contribution in [2.24, 2.45) is 10.2 Å². The Bertz CT molecular complexity index is 1220. The standard InChI is InChI=1S/C22H15ClN4O4S/c23-17-7-3-15(4-8-17)12-20-21(28)26(14-19-2-1-11-31-19)22(32-20)25-24-13-16-5-9-18(10-6-16)27(29)30/h1-13H,14H2/b20-12-,24-13-,25-22+. The first-order valence-electron chi connectivity index (χ1n) is 9.34. The van der Waals surface area contributed by atoms with E-state index in [-0.39, 0.29) is 18.1 Å². The van der Waals surface area contributed by atoms with Gasteiger partial charge in [-0.1, -0.05) is 23.7 Å². The highest BCUT2D eigenvalue weighted by molar-refractivity contribution is 8.18. The first-order chi connectivity index (χ1) is 15.5. The van der Waals surface area contributed by atoms with Crippen molar-refractivity contribution in [1.29, 1.82) is 0 Å². The van der Waals surface area contributed by atoms with Gasteiger partial charge in [-0.3, -0.25) is 19.8 Å². The van der Waals surface area contributed by atoms with Crippen molar-refractivity contribution in [3.8, 4) is 0 Å². The number of nitrogens with zero attached hydrogens (tertiary/aromatic N) is 4. The van der Waals surface area contributed by atoms with Crippen molar-refractivity contribution in [2.75, 3.05) is 0 Å². The molecule has 10 heteroatoms. The Morgan fingerprint density at radius 3 is 2.47 bits per heavy atom. The van der Waals surface area contributed by atoms with Crippen LogP contribution >= 0.6 is 23.4 Å². The Morgan fingerprint density at radius 2 is 1.81 bits per heavy atom. The fourth-order valence-corrected chi connectivity index (χ4v) is 3.88. The SMILES string of the molecule is O=C1/C(=C/c2ccc(Cl)cc2)S/C(=N/N=C\c2ccc([N+](=O)[O-])cc2)N1Cc1ccco1. The summed E-state index contributed by atoms with van der Waals surface area (Å²) >= 11 is 7.13. The number of halogens is 1. The highest BCUT2D eigenvalue weighted by Gasteiger charge is 2.34. The Morgan fingerprint density at radius 1 is 1.09 bits per heavy atom. The van der Waals surface area contributed by atoms with E-state index >= 15 is 0 Å². The molecule has 0 bridgehead atoms. The number of furan rings is 1. The zero-order valence-electron chi connectivity index (χ0n) is 16.4. The smallest absolute Gasteiger partial charge is 0.269 e. The first-order valence-corrected chi connectivity index (χ1v) is 10.5. The van der Waals surface area contributed by atoms with Crippen LogP contribution in [0.15, 0.2) is 86.5 Å². The van der Waals surface area contributed by atoms with Gasteiger partial charge in [0, 0.05) is 17.2 Å². The molecule has 1 aliphatic rings. The first kappa shape index (κ1) is 21.5. The maximum atomic E-state index is 13.0. The van der Waals surface area contributed by atoms with Crippen LogP contribution in [0.25, 0.3) is 6.08 Å². The quantitative estimate of drug-likeness (QED) is 0.211. The highest BCUT2D eigenvalue weighted by atomic mass is 35.5. The number of carbonyl (C=O) groups is 1. The van der Waals surface area contributed by atoms with E-state index in [1.807, 2.05) is 12.1 Å². The zero-order chi connectivity index (χ0) is 22.5. The highest BCUT2D eigenvalue weighted by Crippen LogP contribution is 2.34. The number of nitro groups is 1. The summed E-state index contributed by atoms with van der Waals surface area (Å²) in [6.07, 6.45) is 4.77. The van der Waals surface area contributed by atoms with E-state index in [4.69, 9.17) is 16.0 Å². The molecule has 1 aromatic heterocycles. The van der Waals surface area contributed by atoms with Gasteiger partial charge < -0.3 is 4.42 Å². The van der Waals surface area contributed by atoms with Crippen LogP contribution in [0, 0.1) is 10.1 Å². The zero-order valence-corrected chi connectivity index (χ0v) is 18.0. The molecule has 160 valence electrons. The van der Waals surface area contributed by atoms with Gasteiger partial charge in [-0.2, -0.15) is 5.10 Å². The van der Waals surface area contributed by atoms with Gasteiger partial charge in [-0.05, 0) is 65.4 Å². The van der Waals surface area contributed by atoms with Crippen LogP contribution in [0.1, 0.15) is 16.9 Å². The molecule has 4 rings (SSSR count). The van der Waals surface area contributed by atoms with E-state index in [0.717, 1.165) is 5.56 Å². The fourth-order valence-electron chi connectivity index (χ4n) is 2.82. The van der Waals surface area contributed by atoms with E-state index < -0.39 is 4.92 Å². The number of carbonyl (C=O) groups excluding carboxylic acids is 1. The molecular formula is C22H15ClN4O4S. The molecule has 1 aliphatic heterocycles. The number of hydrogen-bond donors (Lipinski definition) is 0. The molecule has 32 heavy (non-hydrogen) atoms. The minimum absolute atomic E-state index is 0.00740. The third-order valence-corrected chi connectivity index (χ3v) is 5.65. The monoisotopic (exact) mass is 466 g/mol. The Kier molecular flexibility index (Phi) is 6.48. The van der Waals surface area contributed by atoms with E-state index in [1.54, 1.807) is 42.5 Å². The topological polar surface area (TPSA) is 101 Å². The number of thioether (sulfide) groups is 1. The third-order valence-electron chi connectivity index (χ3n) is 4.40. The van der Waals surface area contributed by atoms with Gasteiger partial charge in [0.15, 0.2) is 5.17 Å². The number of non-ortho nitro benzene ring substituents is 1. The predicted molar refractivity (Wildman–Crippen MR) is 124 cm³/mol. The normalized spacial score (nSPS) is 16.5. The van der Waals surface area contributed by atoms with Crippen molar-refractivity contribution in [1.82, 2.24) is 4.90 Å². The molecule has 1 amide bonds. The number of amidine groups is 1. The summed E-state index contributed by atoms with van der Waals surface area (Å²) in [4.78, 5) is 25.3. The Labute approximate surface area is 192 Å².